The molecule has 6 nitrogen and oxygen atoms in total. The molecule has 1 aromatic heterocycles. The summed E-state index contributed by atoms with van der Waals surface area (Å²) in [6.45, 7) is 1.91. The number of rotatable bonds is 5. The number of carbonyl (C=O) groups excluding carboxylic acids is 1. The molecule has 152 valence electrons. The molecule has 0 radical (unpaired) electrons. The summed E-state index contributed by atoms with van der Waals surface area (Å²) in [5.74, 6) is 0.656. The Hall–Kier alpha value is -2.05. The Labute approximate surface area is 170 Å². The molecule has 1 amide bonds. The minimum absolute atomic E-state index is 0. The summed E-state index contributed by atoms with van der Waals surface area (Å²) < 4.78 is 10.6. The molecule has 28 heavy (non-hydrogen) atoms. The summed E-state index contributed by atoms with van der Waals surface area (Å²) in [7, 11) is 1.58. The van der Waals surface area contributed by atoms with Crippen molar-refractivity contribution >= 4 is 29.3 Å². The van der Waals surface area contributed by atoms with E-state index < -0.39 is 0 Å². The molecule has 2 saturated heterocycles. The predicted molar refractivity (Wildman–Crippen MR) is 110 cm³/mol. The van der Waals surface area contributed by atoms with Gasteiger partial charge in [0.25, 0.3) is 0 Å². The number of piperidine rings is 1. The second-order valence-corrected chi connectivity index (χ2v) is 7.73. The fourth-order valence-corrected chi connectivity index (χ4v) is 4.50. The first kappa shape index (κ1) is 20.7. The number of ether oxygens (including phenoxy) is 1. The highest BCUT2D eigenvalue weighted by molar-refractivity contribution is 5.85. The van der Waals surface area contributed by atoms with Gasteiger partial charge in [-0.2, -0.15) is 0 Å². The molecule has 2 unspecified atom stereocenters. The summed E-state index contributed by atoms with van der Waals surface area (Å²) in [6.07, 6.45) is 5.10. The molecule has 2 fully saturated rings. The van der Waals surface area contributed by atoms with Gasteiger partial charge in [0.2, 0.25) is 5.91 Å². The Morgan fingerprint density at radius 1 is 1.29 bits per heavy atom. The van der Waals surface area contributed by atoms with E-state index in [-0.39, 0.29) is 30.0 Å². The zero-order chi connectivity index (χ0) is 19.0. The molecule has 0 saturated carbocycles. The summed E-state index contributed by atoms with van der Waals surface area (Å²) in [4.78, 5) is 24.8. The first-order valence-corrected chi connectivity index (χ1v) is 9.69. The average Bonchev–Trinajstić information content (AvgIpc) is 2.99. The molecule has 2 N–H and O–H groups in total. The lowest BCUT2D eigenvalue weighted by Gasteiger charge is -2.29. The van der Waals surface area contributed by atoms with Gasteiger partial charge < -0.3 is 19.8 Å². The Bertz CT molecular complexity index is 914. The van der Waals surface area contributed by atoms with Crippen LogP contribution >= 0.6 is 12.4 Å². The quantitative estimate of drug-likeness (QED) is 0.746. The van der Waals surface area contributed by atoms with Crippen LogP contribution in [-0.4, -0.2) is 31.1 Å². The third kappa shape index (κ3) is 4.18. The summed E-state index contributed by atoms with van der Waals surface area (Å²) >= 11 is 0. The fourth-order valence-electron chi connectivity index (χ4n) is 4.50. The van der Waals surface area contributed by atoms with Crippen LogP contribution in [0.25, 0.3) is 11.0 Å². The maximum absolute atomic E-state index is 12.4. The lowest BCUT2D eigenvalue weighted by molar-refractivity contribution is -0.122. The van der Waals surface area contributed by atoms with Crippen molar-refractivity contribution in [3.05, 3.63) is 39.7 Å². The Morgan fingerprint density at radius 2 is 2.00 bits per heavy atom. The second kappa shape index (κ2) is 8.53. The van der Waals surface area contributed by atoms with E-state index >= 15 is 0 Å². The number of aryl methyl sites for hydroxylation is 1. The Morgan fingerprint density at radius 3 is 2.68 bits per heavy atom. The van der Waals surface area contributed by atoms with Crippen LogP contribution in [0.5, 0.6) is 5.75 Å². The monoisotopic (exact) mass is 406 g/mol. The van der Waals surface area contributed by atoms with Crippen LogP contribution in [-0.2, 0) is 11.2 Å². The Kier molecular flexibility index (Phi) is 6.30. The first-order valence-electron chi connectivity index (χ1n) is 9.69. The van der Waals surface area contributed by atoms with E-state index in [1.54, 1.807) is 13.2 Å². The third-order valence-corrected chi connectivity index (χ3v) is 5.93. The van der Waals surface area contributed by atoms with Gasteiger partial charge in [0.05, 0.1) is 7.11 Å². The van der Waals surface area contributed by atoms with E-state index in [9.17, 15) is 9.59 Å². The van der Waals surface area contributed by atoms with E-state index in [1.165, 1.54) is 12.8 Å². The number of hydrogen-bond donors (Lipinski definition) is 2. The molecule has 2 aliphatic heterocycles. The van der Waals surface area contributed by atoms with Crippen molar-refractivity contribution in [3.8, 4) is 5.75 Å². The standard InChI is InChI=1S/C21H26N2O4.ClH/c1-12-17-6-5-16(26-2)11-19(17)27-21(25)18(12)7-8-20(24)23-15-9-13-3-4-14(10-15)22-13;/h5-6,11,13-15,22H,3-4,7-10H2,1-2H3,(H,23,24);1H. The van der Waals surface area contributed by atoms with Gasteiger partial charge in [0, 0.05) is 41.6 Å². The molecule has 0 aliphatic carbocycles. The lowest BCUT2D eigenvalue weighted by Crippen LogP contribution is -2.48. The maximum Gasteiger partial charge on any atom is 0.339 e. The van der Waals surface area contributed by atoms with Gasteiger partial charge in [-0.1, -0.05) is 0 Å². The van der Waals surface area contributed by atoms with Gasteiger partial charge in [-0.05, 0) is 56.7 Å². The van der Waals surface area contributed by atoms with E-state index in [4.69, 9.17) is 9.15 Å². The number of amides is 1. The van der Waals surface area contributed by atoms with E-state index in [0.717, 1.165) is 23.8 Å². The van der Waals surface area contributed by atoms with Crippen LogP contribution in [0.2, 0.25) is 0 Å². The van der Waals surface area contributed by atoms with Crippen molar-refractivity contribution < 1.29 is 13.9 Å². The highest BCUT2D eigenvalue weighted by atomic mass is 35.5. The summed E-state index contributed by atoms with van der Waals surface area (Å²) in [5.41, 5.74) is 1.58. The molecule has 1 aromatic carbocycles. The summed E-state index contributed by atoms with van der Waals surface area (Å²) in [6, 6.07) is 6.78. The Balaban J connectivity index is 0.00000225. The van der Waals surface area contributed by atoms with Gasteiger partial charge in [0.15, 0.2) is 0 Å². The number of hydrogen-bond acceptors (Lipinski definition) is 5. The van der Waals surface area contributed by atoms with Gasteiger partial charge >= 0.3 is 5.63 Å². The zero-order valence-electron chi connectivity index (χ0n) is 16.2. The predicted octanol–water partition coefficient (Wildman–Crippen LogP) is 2.86. The highest BCUT2D eigenvalue weighted by Gasteiger charge is 2.33. The largest absolute Gasteiger partial charge is 0.497 e. The third-order valence-electron chi connectivity index (χ3n) is 5.93. The molecule has 4 rings (SSSR count). The van der Waals surface area contributed by atoms with Crippen LogP contribution in [0, 0.1) is 6.92 Å². The molecule has 2 atom stereocenters. The molecule has 2 aromatic rings. The second-order valence-electron chi connectivity index (χ2n) is 7.73. The minimum atomic E-state index is -0.374. The number of carbonyl (C=O) groups is 1. The van der Waals surface area contributed by atoms with E-state index in [0.29, 0.717) is 41.8 Å². The van der Waals surface area contributed by atoms with Gasteiger partial charge in [0.1, 0.15) is 11.3 Å². The molecule has 3 heterocycles. The van der Waals surface area contributed by atoms with Crippen molar-refractivity contribution in [2.24, 2.45) is 0 Å². The lowest BCUT2D eigenvalue weighted by atomic mass is 9.99. The van der Waals surface area contributed by atoms with Crippen LogP contribution < -0.4 is 21.0 Å². The molecule has 7 heteroatoms. The van der Waals surface area contributed by atoms with Crippen LogP contribution in [0.1, 0.15) is 43.2 Å². The first-order chi connectivity index (χ1) is 13.0. The van der Waals surface area contributed by atoms with Gasteiger partial charge in [-0.15, -0.1) is 12.4 Å². The summed E-state index contributed by atoms with van der Waals surface area (Å²) in [5, 5.41) is 7.61. The maximum atomic E-state index is 12.4. The van der Waals surface area contributed by atoms with Gasteiger partial charge in [-0.3, -0.25) is 4.79 Å². The van der Waals surface area contributed by atoms with Crippen LogP contribution in [0.15, 0.2) is 27.4 Å². The zero-order valence-corrected chi connectivity index (χ0v) is 17.1. The average molecular weight is 407 g/mol. The van der Waals surface area contributed by atoms with Crippen LogP contribution in [0.3, 0.4) is 0 Å². The van der Waals surface area contributed by atoms with E-state index in [2.05, 4.69) is 10.6 Å². The molecule has 2 bridgehead atoms. The normalized spacial score (nSPS) is 23.3. The van der Waals surface area contributed by atoms with Gasteiger partial charge in [-0.25, -0.2) is 4.79 Å². The fraction of sp³-hybridized carbons (Fsp3) is 0.524. The molecular weight excluding hydrogens is 380 g/mol. The van der Waals surface area contributed by atoms with Crippen molar-refractivity contribution in [1.29, 1.82) is 0 Å². The number of fused-ring (bicyclic) bond motifs is 3. The van der Waals surface area contributed by atoms with Crippen LogP contribution in [0.4, 0.5) is 0 Å². The SMILES string of the molecule is COc1ccc2c(C)c(CCC(=O)NC3CC4CCC(C3)N4)c(=O)oc2c1.Cl. The molecule has 0 spiro atoms. The number of halogens is 1. The molecule has 2 aliphatic rings. The number of nitrogens with one attached hydrogen (secondary N) is 2. The van der Waals surface area contributed by atoms with Crippen molar-refractivity contribution in [2.75, 3.05) is 7.11 Å². The minimum Gasteiger partial charge on any atom is -0.497 e. The molecular formula is C21H27ClN2O4. The number of benzene rings is 1. The van der Waals surface area contributed by atoms with Crippen molar-refractivity contribution in [3.63, 3.8) is 0 Å². The topological polar surface area (TPSA) is 80.6 Å². The van der Waals surface area contributed by atoms with Crippen molar-refractivity contribution in [1.82, 2.24) is 10.6 Å². The van der Waals surface area contributed by atoms with E-state index in [1.807, 2.05) is 19.1 Å². The van der Waals surface area contributed by atoms with Crippen molar-refractivity contribution in [2.45, 2.75) is 63.6 Å². The highest BCUT2D eigenvalue weighted by Crippen LogP contribution is 2.27. The number of methoxy groups -OCH3 is 1. The smallest absolute Gasteiger partial charge is 0.339 e.